The van der Waals surface area contributed by atoms with Gasteiger partial charge in [-0.3, -0.25) is 14.9 Å². The van der Waals surface area contributed by atoms with E-state index in [1.807, 2.05) is 24.3 Å². The molecule has 8 heteroatoms. The molecule has 4 rings (SSSR count). The summed E-state index contributed by atoms with van der Waals surface area (Å²) in [6, 6.07) is 17.5. The van der Waals surface area contributed by atoms with E-state index in [-0.39, 0.29) is 11.6 Å². The van der Waals surface area contributed by atoms with E-state index in [2.05, 4.69) is 17.2 Å². The Hall–Kier alpha value is -3.65. The van der Waals surface area contributed by atoms with E-state index >= 15 is 0 Å². The molecule has 2 heterocycles. The Labute approximate surface area is 176 Å². The van der Waals surface area contributed by atoms with Crippen LogP contribution in [-0.2, 0) is 11.2 Å². The Bertz CT molecular complexity index is 1180. The number of nitrogens with zero attached hydrogens (tertiary/aromatic N) is 2. The van der Waals surface area contributed by atoms with Crippen molar-refractivity contribution in [2.45, 2.75) is 13.3 Å². The summed E-state index contributed by atoms with van der Waals surface area (Å²) >= 11 is 1.23. The zero-order chi connectivity index (χ0) is 21.1. The normalized spacial score (nSPS) is 16.2. The monoisotopic (exact) mass is 419 g/mol. The minimum absolute atomic E-state index is 0.0117. The topological polar surface area (TPSA) is 97.7 Å². The number of aryl methyl sites for hydroxylation is 1. The fraction of sp³-hybridized carbons (Fsp3) is 0.0909. The number of amides is 1. The van der Waals surface area contributed by atoms with Crippen molar-refractivity contribution in [1.82, 2.24) is 5.32 Å². The largest absolute Gasteiger partial charge is 0.457 e. The van der Waals surface area contributed by atoms with Crippen LogP contribution in [0.3, 0.4) is 0 Å². The average molecular weight is 419 g/mol. The van der Waals surface area contributed by atoms with Crippen LogP contribution in [0.15, 0.2) is 75.0 Å². The maximum absolute atomic E-state index is 12.3. The number of nitrogens with one attached hydrogen (secondary N) is 1. The van der Waals surface area contributed by atoms with Gasteiger partial charge in [-0.25, -0.2) is 4.99 Å². The van der Waals surface area contributed by atoms with Gasteiger partial charge >= 0.3 is 0 Å². The number of thioether (sulfide) groups is 1. The van der Waals surface area contributed by atoms with Crippen molar-refractivity contribution in [3.8, 4) is 11.3 Å². The third kappa shape index (κ3) is 4.33. The van der Waals surface area contributed by atoms with Crippen LogP contribution in [0.4, 0.5) is 11.4 Å². The molecule has 0 radical (unpaired) electrons. The predicted octanol–water partition coefficient (Wildman–Crippen LogP) is 5.31. The van der Waals surface area contributed by atoms with Crippen molar-refractivity contribution in [3.63, 3.8) is 0 Å². The molecule has 1 saturated heterocycles. The molecule has 150 valence electrons. The third-order valence-electron chi connectivity index (χ3n) is 4.47. The second-order valence-electron chi connectivity index (χ2n) is 6.51. The second-order valence-corrected chi connectivity index (χ2v) is 7.54. The molecule has 0 bridgehead atoms. The lowest BCUT2D eigenvalue weighted by Gasteiger charge is -1.98. The maximum Gasteiger partial charge on any atom is 0.270 e. The molecular weight excluding hydrogens is 402 g/mol. The molecular formula is C22H17N3O4S. The zero-order valence-corrected chi connectivity index (χ0v) is 16.8. The molecule has 7 nitrogen and oxygen atoms in total. The van der Waals surface area contributed by atoms with Crippen LogP contribution in [0, 0.1) is 10.1 Å². The maximum atomic E-state index is 12.3. The molecule has 0 saturated carbocycles. The first kappa shape index (κ1) is 19.7. The highest BCUT2D eigenvalue weighted by molar-refractivity contribution is 8.18. The Kier molecular flexibility index (Phi) is 5.49. The van der Waals surface area contributed by atoms with Gasteiger partial charge in [0.1, 0.15) is 11.5 Å². The molecule has 1 amide bonds. The van der Waals surface area contributed by atoms with Crippen LogP contribution in [0.1, 0.15) is 18.2 Å². The summed E-state index contributed by atoms with van der Waals surface area (Å²) in [5, 5.41) is 14.2. The first-order chi connectivity index (χ1) is 14.5. The average Bonchev–Trinajstić information content (AvgIpc) is 3.35. The van der Waals surface area contributed by atoms with Crippen LogP contribution in [0.2, 0.25) is 0 Å². The summed E-state index contributed by atoms with van der Waals surface area (Å²) in [6.45, 7) is 2.09. The van der Waals surface area contributed by atoms with E-state index in [1.54, 1.807) is 30.3 Å². The van der Waals surface area contributed by atoms with Crippen molar-refractivity contribution in [3.05, 3.63) is 87.0 Å². The number of carbonyl (C=O) groups is 1. The standard InChI is InChI=1S/C22H17N3O4S/c1-2-14-6-8-16(9-7-14)23-22-24-21(26)20(30-22)13-18-10-11-19(29-18)15-4-3-5-17(12-15)25(27)28/h3-13H,2H2,1H3,(H,23,24,26)/b20-13+. The van der Waals surface area contributed by atoms with Gasteiger partial charge in [-0.05, 0) is 48.0 Å². The van der Waals surface area contributed by atoms with Crippen LogP contribution in [0.25, 0.3) is 17.4 Å². The van der Waals surface area contributed by atoms with Crippen molar-refractivity contribution >= 4 is 40.3 Å². The molecule has 0 spiro atoms. The zero-order valence-electron chi connectivity index (χ0n) is 16.0. The predicted molar refractivity (Wildman–Crippen MR) is 117 cm³/mol. The van der Waals surface area contributed by atoms with Gasteiger partial charge in [-0.2, -0.15) is 0 Å². The summed E-state index contributed by atoms with van der Waals surface area (Å²) in [4.78, 5) is 27.7. The summed E-state index contributed by atoms with van der Waals surface area (Å²) in [5.41, 5.74) is 2.57. The summed E-state index contributed by atoms with van der Waals surface area (Å²) in [6.07, 6.45) is 2.58. The molecule has 2 aromatic carbocycles. The van der Waals surface area contributed by atoms with E-state index in [0.717, 1.165) is 12.1 Å². The number of rotatable bonds is 5. The molecule has 30 heavy (non-hydrogen) atoms. The first-order valence-corrected chi connectivity index (χ1v) is 10.1. The number of furan rings is 1. The van der Waals surface area contributed by atoms with Gasteiger partial charge in [0.05, 0.1) is 15.5 Å². The van der Waals surface area contributed by atoms with E-state index < -0.39 is 4.92 Å². The Morgan fingerprint density at radius 1 is 1.17 bits per heavy atom. The Balaban J connectivity index is 1.52. The molecule has 1 aliphatic rings. The second kappa shape index (κ2) is 8.38. The highest BCUT2D eigenvalue weighted by Crippen LogP contribution is 2.31. The van der Waals surface area contributed by atoms with Gasteiger partial charge in [0.2, 0.25) is 0 Å². The van der Waals surface area contributed by atoms with Crippen molar-refractivity contribution in [2.24, 2.45) is 4.99 Å². The number of hydrogen-bond acceptors (Lipinski definition) is 6. The van der Waals surface area contributed by atoms with Crippen molar-refractivity contribution in [1.29, 1.82) is 0 Å². The molecule has 1 N–H and O–H groups in total. The van der Waals surface area contributed by atoms with Gasteiger partial charge in [0.15, 0.2) is 5.17 Å². The van der Waals surface area contributed by atoms with Crippen LogP contribution in [-0.4, -0.2) is 16.0 Å². The first-order valence-electron chi connectivity index (χ1n) is 9.25. The minimum atomic E-state index is -0.453. The van der Waals surface area contributed by atoms with Gasteiger partial charge in [0, 0.05) is 23.8 Å². The van der Waals surface area contributed by atoms with E-state index in [4.69, 9.17) is 4.42 Å². The molecule has 0 aliphatic carbocycles. The third-order valence-corrected chi connectivity index (χ3v) is 5.38. The van der Waals surface area contributed by atoms with Gasteiger partial charge in [-0.1, -0.05) is 31.2 Å². The van der Waals surface area contributed by atoms with Crippen LogP contribution in [0.5, 0.6) is 0 Å². The fourth-order valence-electron chi connectivity index (χ4n) is 2.89. The lowest BCUT2D eigenvalue weighted by molar-refractivity contribution is -0.384. The molecule has 1 fully saturated rings. The number of nitro benzene ring substituents is 1. The summed E-state index contributed by atoms with van der Waals surface area (Å²) < 4.78 is 5.76. The van der Waals surface area contributed by atoms with Crippen LogP contribution >= 0.6 is 11.8 Å². The Morgan fingerprint density at radius 3 is 2.70 bits per heavy atom. The van der Waals surface area contributed by atoms with Gasteiger partial charge in [-0.15, -0.1) is 0 Å². The van der Waals surface area contributed by atoms with E-state index in [1.165, 1.54) is 29.5 Å². The molecule has 3 aromatic rings. The highest BCUT2D eigenvalue weighted by atomic mass is 32.2. The van der Waals surface area contributed by atoms with Gasteiger partial charge < -0.3 is 9.73 Å². The Morgan fingerprint density at radius 2 is 1.97 bits per heavy atom. The molecule has 1 aromatic heterocycles. The molecule has 0 unspecified atom stereocenters. The molecule has 1 aliphatic heterocycles. The summed E-state index contributed by atoms with van der Waals surface area (Å²) in [5.74, 6) is 0.707. The molecule has 0 atom stereocenters. The number of aliphatic imine (C=N–C) groups is 1. The van der Waals surface area contributed by atoms with E-state index in [0.29, 0.717) is 27.2 Å². The smallest absolute Gasteiger partial charge is 0.270 e. The highest BCUT2D eigenvalue weighted by Gasteiger charge is 2.24. The number of hydrogen-bond donors (Lipinski definition) is 1. The number of nitro groups is 1. The number of carbonyl (C=O) groups excluding carboxylic acids is 1. The fourth-order valence-corrected chi connectivity index (χ4v) is 3.71. The quantitative estimate of drug-likeness (QED) is 0.343. The van der Waals surface area contributed by atoms with Crippen molar-refractivity contribution in [2.75, 3.05) is 0 Å². The number of benzene rings is 2. The van der Waals surface area contributed by atoms with Crippen LogP contribution < -0.4 is 5.32 Å². The number of non-ortho nitro benzene ring substituents is 1. The minimum Gasteiger partial charge on any atom is -0.457 e. The van der Waals surface area contributed by atoms with Gasteiger partial charge in [0.25, 0.3) is 11.6 Å². The SMILES string of the molecule is CCc1ccc(N=C2NC(=O)/C(=C\c3ccc(-c4cccc([N+](=O)[O-])c4)o3)S2)cc1. The van der Waals surface area contributed by atoms with E-state index in [9.17, 15) is 14.9 Å². The number of amidine groups is 1. The van der Waals surface area contributed by atoms with Crippen molar-refractivity contribution < 1.29 is 14.1 Å². The summed E-state index contributed by atoms with van der Waals surface area (Å²) in [7, 11) is 0. The lowest BCUT2D eigenvalue weighted by atomic mass is 10.1. The lowest BCUT2D eigenvalue weighted by Crippen LogP contribution is -2.19.